The van der Waals surface area contributed by atoms with E-state index in [1.54, 1.807) is 11.9 Å². The van der Waals surface area contributed by atoms with Crippen LogP contribution in [-0.4, -0.2) is 39.4 Å². The number of H-pyrrole nitrogens is 1. The van der Waals surface area contributed by atoms with Gasteiger partial charge in [-0.05, 0) is 57.0 Å². The van der Waals surface area contributed by atoms with Crippen LogP contribution in [0, 0.1) is 6.92 Å². The minimum Gasteiger partial charge on any atom is -0.494 e. The zero-order valence-corrected chi connectivity index (χ0v) is 22.8. The third kappa shape index (κ3) is 7.00. The normalized spacial score (nSPS) is 11.6. The number of benzene rings is 3. The van der Waals surface area contributed by atoms with E-state index >= 15 is 0 Å². The quantitative estimate of drug-likeness (QED) is 0.276. The number of amides is 1. The number of carbonyl (C=O) groups is 1. The van der Waals surface area contributed by atoms with Crippen molar-refractivity contribution in [2.75, 3.05) is 7.05 Å². The highest BCUT2D eigenvalue weighted by Crippen LogP contribution is 2.32. The highest BCUT2D eigenvalue weighted by molar-refractivity contribution is 6.21. The number of aliphatic imine (C=N–C) groups is 1. The fraction of sp³-hybridized carbons (Fsp3) is 0.290. The number of aromatic amines is 1. The van der Waals surface area contributed by atoms with Gasteiger partial charge < -0.3 is 19.7 Å². The molecule has 6 heteroatoms. The predicted molar refractivity (Wildman–Crippen MR) is 152 cm³/mol. The highest BCUT2D eigenvalue weighted by atomic mass is 16.6. The van der Waals surface area contributed by atoms with Crippen molar-refractivity contribution < 1.29 is 14.6 Å². The number of nitrogens with zero attached hydrogens (tertiary/aromatic N) is 2. The molecule has 0 saturated carbocycles. The van der Waals surface area contributed by atoms with E-state index in [9.17, 15) is 9.90 Å². The molecule has 0 unspecified atom stereocenters. The van der Waals surface area contributed by atoms with Crippen LogP contribution in [0.3, 0.4) is 0 Å². The van der Waals surface area contributed by atoms with E-state index in [0.717, 1.165) is 33.3 Å². The van der Waals surface area contributed by atoms with Gasteiger partial charge in [-0.25, -0.2) is 9.79 Å². The number of ether oxygens (including phenoxy) is 1. The standard InChI is InChI=1S/C29H31N3O3.C2H6/c1-19-11-16-23-24(17-19)31-27(33)25(23)26(21-9-7-6-8-10-21)30-22-14-12-20(13-15-22)18-32(5)28(34)35-29(2,3)4;1-2/h6-17,31,33H,18H2,1-5H3;1-2H3. The topological polar surface area (TPSA) is 77.9 Å². The van der Waals surface area contributed by atoms with Crippen molar-refractivity contribution in [1.29, 1.82) is 0 Å². The summed E-state index contributed by atoms with van der Waals surface area (Å²) in [6.45, 7) is 12.0. The van der Waals surface area contributed by atoms with E-state index in [0.29, 0.717) is 17.8 Å². The Morgan fingerprint density at radius 1 is 1.00 bits per heavy atom. The molecule has 0 spiro atoms. The predicted octanol–water partition coefficient (Wildman–Crippen LogP) is 7.74. The summed E-state index contributed by atoms with van der Waals surface area (Å²) in [5.41, 5.74) is 5.38. The molecular weight excluding hydrogens is 462 g/mol. The fourth-order valence-electron chi connectivity index (χ4n) is 3.88. The maximum absolute atomic E-state index is 12.3. The summed E-state index contributed by atoms with van der Waals surface area (Å²) in [5, 5.41) is 11.7. The Labute approximate surface area is 219 Å². The van der Waals surface area contributed by atoms with Crippen LogP contribution < -0.4 is 0 Å². The SMILES string of the molecule is CC.Cc1ccc2c(C(=Nc3ccc(CN(C)C(=O)OC(C)(C)C)cc3)c3ccccc3)c(O)[nH]c2c1. The van der Waals surface area contributed by atoms with Crippen molar-refractivity contribution in [2.24, 2.45) is 4.99 Å². The molecule has 1 amide bonds. The zero-order valence-electron chi connectivity index (χ0n) is 22.8. The molecule has 0 aliphatic heterocycles. The minimum absolute atomic E-state index is 0.0869. The molecule has 0 atom stereocenters. The molecule has 0 bridgehead atoms. The lowest BCUT2D eigenvalue weighted by Gasteiger charge is -2.24. The van der Waals surface area contributed by atoms with Gasteiger partial charge in [0, 0.05) is 30.1 Å². The van der Waals surface area contributed by atoms with Crippen molar-refractivity contribution in [2.45, 2.75) is 53.7 Å². The van der Waals surface area contributed by atoms with Gasteiger partial charge in [-0.15, -0.1) is 0 Å². The molecule has 6 nitrogen and oxygen atoms in total. The van der Waals surface area contributed by atoms with Crippen LogP contribution in [0.25, 0.3) is 10.9 Å². The second-order valence-electron chi connectivity index (χ2n) is 9.73. The third-order valence-corrected chi connectivity index (χ3v) is 5.52. The maximum Gasteiger partial charge on any atom is 0.410 e. The summed E-state index contributed by atoms with van der Waals surface area (Å²) < 4.78 is 5.43. The summed E-state index contributed by atoms with van der Waals surface area (Å²) >= 11 is 0. The van der Waals surface area contributed by atoms with Gasteiger partial charge in [-0.3, -0.25) is 0 Å². The lowest BCUT2D eigenvalue weighted by molar-refractivity contribution is 0.0285. The highest BCUT2D eigenvalue weighted by Gasteiger charge is 2.20. The molecule has 2 N–H and O–H groups in total. The molecule has 4 aromatic rings. The molecule has 0 radical (unpaired) electrons. The van der Waals surface area contributed by atoms with Gasteiger partial charge in [0.15, 0.2) is 5.88 Å². The van der Waals surface area contributed by atoms with Crippen LogP contribution in [0.5, 0.6) is 5.88 Å². The molecule has 0 aliphatic rings. The Morgan fingerprint density at radius 3 is 2.27 bits per heavy atom. The molecular formula is C31H37N3O3. The number of fused-ring (bicyclic) bond motifs is 1. The van der Waals surface area contributed by atoms with Crippen molar-refractivity contribution in [1.82, 2.24) is 9.88 Å². The molecule has 4 rings (SSSR count). The van der Waals surface area contributed by atoms with Crippen molar-refractivity contribution in [3.63, 3.8) is 0 Å². The zero-order chi connectivity index (χ0) is 27.2. The molecule has 0 fully saturated rings. The summed E-state index contributed by atoms with van der Waals surface area (Å²) in [6, 6.07) is 23.6. The average Bonchev–Trinajstić information content (AvgIpc) is 3.18. The van der Waals surface area contributed by atoms with Crippen molar-refractivity contribution in [3.8, 4) is 5.88 Å². The van der Waals surface area contributed by atoms with Gasteiger partial charge in [0.1, 0.15) is 5.60 Å². The van der Waals surface area contributed by atoms with Gasteiger partial charge in [0.25, 0.3) is 0 Å². The lowest BCUT2D eigenvalue weighted by atomic mass is 10.00. The van der Waals surface area contributed by atoms with E-state index in [-0.39, 0.29) is 12.0 Å². The first kappa shape index (κ1) is 27.5. The van der Waals surface area contributed by atoms with E-state index in [1.165, 1.54) is 0 Å². The second kappa shape index (κ2) is 11.8. The monoisotopic (exact) mass is 499 g/mol. The molecule has 194 valence electrons. The molecule has 37 heavy (non-hydrogen) atoms. The van der Waals surface area contributed by atoms with Gasteiger partial charge in [0.2, 0.25) is 0 Å². The van der Waals surface area contributed by atoms with Crippen LogP contribution in [0.1, 0.15) is 56.9 Å². The average molecular weight is 500 g/mol. The van der Waals surface area contributed by atoms with Crippen LogP contribution in [0.4, 0.5) is 10.5 Å². The number of aryl methyl sites for hydroxylation is 1. The minimum atomic E-state index is -0.537. The maximum atomic E-state index is 12.3. The summed E-state index contributed by atoms with van der Waals surface area (Å²) in [6.07, 6.45) is -0.365. The van der Waals surface area contributed by atoms with E-state index in [1.807, 2.05) is 114 Å². The van der Waals surface area contributed by atoms with E-state index in [4.69, 9.17) is 9.73 Å². The summed E-state index contributed by atoms with van der Waals surface area (Å²) in [5.74, 6) is 0.0869. The summed E-state index contributed by atoms with van der Waals surface area (Å²) in [7, 11) is 1.72. The number of hydrogen-bond acceptors (Lipinski definition) is 4. The molecule has 0 aliphatic carbocycles. The van der Waals surface area contributed by atoms with Gasteiger partial charge in [-0.2, -0.15) is 0 Å². The number of aromatic nitrogens is 1. The third-order valence-electron chi connectivity index (χ3n) is 5.52. The number of carbonyl (C=O) groups excluding carboxylic acids is 1. The first-order valence-corrected chi connectivity index (χ1v) is 12.6. The Bertz CT molecular complexity index is 1360. The number of hydrogen-bond donors (Lipinski definition) is 2. The van der Waals surface area contributed by atoms with Crippen molar-refractivity contribution in [3.05, 3.63) is 95.1 Å². The van der Waals surface area contributed by atoms with Crippen LogP contribution in [0.2, 0.25) is 0 Å². The lowest BCUT2D eigenvalue weighted by Crippen LogP contribution is -2.33. The van der Waals surface area contributed by atoms with Crippen molar-refractivity contribution >= 4 is 28.4 Å². The fourth-order valence-corrected chi connectivity index (χ4v) is 3.88. The number of nitrogens with one attached hydrogen (secondary N) is 1. The smallest absolute Gasteiger partial charge is 0.410 e. The molecule has 0 saturated heterocycles. The summed E-state index contributed by atoms with van der Waals surface area (Å²) in [4.78, 5) is 21.9. The van der Waals surface area contributed by atoms with Crippen LogP contribution >= 0.6 is 0 Å². The van der Waals surface area contributed by atoms with Gasteiger partial charge in [0.05, 0.1) is 17.0 Å². The Kier molecular flexibility index (Phi) is 8.77. The molecule has 3 aromatic carbocycles. The number of aromatic hydroxyl groups is 1. The first-order valence-electron chi connectivity index (χ1n) is 12.6. The van der Waals surface area contributed by atoms with Gasteiger partial charge >= 0.3 is 6.09 Å². The van der Waals surface area contributed by atoms with Crippen LogP contribution in [-0.2, 0) is 11.3 Å². The second-order valence-corrected chi connectivity index (χ2v) is 9.73. The van der Waals surface area contributed by atoms with E-state index in [2.05, 4.69) is 4.98 Å². The molecule has 1 heterocycles. The van der Waals surface area contributed by atoms with Gasteiger partial charge in [-0.1, -0.05) is 68.4 Å². The molecule has 1 aromatic heterocycles. The largest absolute Gasteiger partial charge is 0.494 e. The van der Waals surface area contributed by atoms with Crippen LogP contribution in [0.15, 0.2) is 77.8 Å². The Morgan fingerprint density at radius 2 is 1.65 bits per heavy atom. The Hall–Kier alpha value is -4.06. The number of rotatable bonds is 5. The first-order chi connectivity index (χ1) is 17.6. The Balaban J connectivity index is 0.00000186. The van der Waals surface area contributed by atoms with E-state index < -0.39 is 5.60 Å².